The lowest BCUT2D eigenvalue weighted by atomic mass is 9.97. The third-order valence-electron chi connectivity index (χ3n) is 4.71. The van der Waals surface area contributed by atoms with Gasteiger partial charge in [-0.25, -0.2) is 14.4 Å². The maximum Gasteiger partial charge on any atom is 0.348 e. The quantitative estimate of drug-likeness (QED) is 0.512. The van der Waals surface area contributed by atoms with E-state index in [2.05, 4.69) is 5.32 Å². The van der Waals surface area contributed by atoms with Gasteiger partial charge in [0.15, 0.2) is 0 Å². The van der Waals surface area contributed by atoms with Crippen LogP contribution in [0.1, 0.15) is 59.2 Å². The van der Waals surface area contributed by atoms with Crippen molar-refractivity contribution < 1.29 is 33.4 Å². The third-order valence-corrected chi connectivity index (χ3v) is 5.90. The molecule has 1 saturated heterocycles. The van der Waals surface area contributed by atoms with Crippen molar-refractivity contribution in [3.05, 3.63) is 16.0 Å². The first-order valence-corrected chi connectivity index (χ1v) is 10.9. The van der Waals surface area contributed by atoms with Gasteiger partial charge in [-0.3, -0.25) is 10.1 Å². The van der Waals surface area contributed by atoms with Crippen LogP contribution in [0.5, 0.6) is 0 Å². The van der Waals surface area contributed by atoms with E-state index in [1.54, 1.807) is 32.6 Å². The molecule has 1 aliphatic rings. The summed E-state index contributed by atoms with van der Waals surface area (Å²) in [6.07, 6.45) is 1.02. The van der Waals surface area contributed by atoms with Gasteiger partial charge < -0.3 is 19.1 Å². The number of hydrogen-bond donors (Lipinski definition) is 1. The molecule has 2 amide bonds. The molecule has 9 nitrogen and oxygen atoms in total. The first-order valence-electron chi connectivity index (χ1n) is 10.0. The normalized spacial score (nSPS) is 14.2. The minimum atomic E-state index is -0.613. The van der Waals surface area contributed by atoms with Crippen molar-refractivity contribution in [3.8, 4) is 0 Å². The number of esters is 3. The number of hydrogen-bond acceptors (Lipinski definition) is 8. The standard InChI is InChI=1S/C20H28N2O7S/c1-5-27-17(23)13-8-10-22(11-9-13)20(26)21-16-14(18(24)28-6-2)12(4)15(30-16)19(25)29-7-3/h13H,5-11H2,1-4H3,(H,21,26). The summed E-state index contributed by atoms with van der Waals surface area (Å²) < 4.78 is 15.2. The number of piperidine rings is 1. The van der Waals surface area contributed by atoms with Gasteiger partial charge in [-0.15, -0.1) is 11.3 Å². The van der Waals surface area contributed by atoms with Crippen LogP contribution >= 0.6 is 11.3 Å². The van der Waals surface area contributed by atoms with Crippen LogP contribution < -0.4 is 5.32 Å². The Morgan fingerprint density at radius 3 is 2.10 bits per heavy atom. The predicted molar refractivity (Wildman–Crippen MR) is 111 cm³/mol. The monoisotopic (exact) mass is 440 g/mol. The molecule has 2 heterocycles. The zero-order valence-corrected chi connectivity index (χ0v) is 18.6. The van der Waals surface area contributed by atoms with E-state index in [9.17, 15) is 19.2 Å². The molecule has 0 radical (unpaired) electrons. The summed E-state index contributed by atoms with van der Waals surface area (Å²) in [7, 11) is 0. The van der Waals surface area contributed by atoms with Gasteiger partial charge in [-0.2, -0.15) is 0 Å². The van der Waals surface area contributed by atoms with Gasteiger partial charge in [-0.05, 0) is 46.1 Å². The number of ether oxygens (including phenoxy) is 3. The molecule has 0 saturated carbocycles. The molecule has 0 bridgehead atoms. The van der Waals surface area contributed by atoms with Gasteiger partial charge in [0.1, 0.15) is 9.88 Å². The zero-order chi connectivity index (χ0) is 22.3. The number of amides is 2. The maximum absolute atomic E-state index is 12.8. The van der Waals surface area contributed by atoms with Crippen LogP contribution in [0.4, 0.5) is 9.80 Å². The van der Waals surface area contributed by atoms with Gasteiger partial charge in [0, 0.05) is 13.1 Å². The number of urea groups is 1. The fourth-order valence-electron chi connectivity index (χ4n) is 3.20. The molecule has 1 aromatic rings. The molecule has 0 aliphatic carbocycles. The van der Waals surface area contributed by atoms with E-state index < -0.39 is 18.0 Å². The Morgan fingerprint density at radius 2 is 1.53 bits per heavy atom. The van der Waals surface area contributed by atoms with Crippen LogP contribution in [0.2, 0.25) is 0 Å². The van der Waals surface area contributed by atoms with Crippen LogP contribution in [0.3, 0.4) is 0 Å². The number of thiophene rings is 1. The van der Waals surface area contributed by atoms with Crippen molar-refractivity contribution in [2.45, 2.75) is 40.5 Å². The number of carbonyl (C=O) groups is 4. The summed E-state index contributed by atoms with van der Waals surface area (Å²) in [5.74, 6) is -1.63. The van der Waals surface area contributed by atoms with Gasteiger partial charge in [0.25, 0.3) is 0 Å². The van der Waals surface area contributed by atoms with E-state index in [-0.39, 0.29) is 40.5 Å². The Kier molecular flexibility index (Phi) is 8.64. The lowest BCUT2D eigenvalue weighted by Crippen LogP contribution is -2.42. The van der Waals surface area contributed by atoms with Gasteiger partial charge in [-0.1, -0.05) is 0 Å². The van der Waals surface area contributed by atoms with Crippen molar-refractivity contribution >= 4 is 40.3 Å². The Hall–Kier alpha value is -2.62. The highest BCUT2D eigenvalue weighted by molar-refractivity contribution is 7.18. The molecule has 1 fully saturated rings. The van der Waals surface area contributed by atoms with E-state index in [0.717, 1.165) is 11.3 Å². The molecule has 166 valence electrons. The Labute approximate surface area is 179 Å². The second kappa shape index (κ2) is 11.0. The Bertz CT molecular complexity index is 797. The Balaban J connectivity index is 2.15. The van der Waals surface area contributed by atoms with Crippen molar-refractivity contribution in [2.24, 2.45) is 5.92 Å². The van der Waals surface area contributed by atoms with Gasteiger partial charge in [0.2, 0.25) is 0 Å². The van der Waals surface area contributed by atoms with E-state index in [1.165, 1.54) is 0 Å². The SMILES string of the molecule is CCOC(=O)c1sc(NC(=O)N2CCC(C(=O)OCC)CC2)c(C(=O)OCC)c1C. The summed E-state index contributed by atoms with van der Waals surface area (Å²) in [6.45, 7) is 8.22. The summed E-state index contributed by atoms with van der Waals surface area (Å²) in [5, 5.41) is 2.97. The fraction of sp³-hybridized carbons (Fsp3) is 0.600. The third kappa shape index (κ3) is 5.50. The van der Waals surface area contributed by atoms with Crippen LogP contribution in [0.25, 0.3) is 0 Å². The topological polar surface area (TPSA) is 111 Å². The molecular formula is C20H28N2O7S. The second-order valence-corrected chi connectivity index (χ2v) is 7.67. The summed E-state index contributed by atoms with van der Waals surface area (Å²) in [6, 6.07) is -0.403. The molecule has 1 N–H and O–H groups in total. The first-order chi connectivity index (χ1) is 14.3. The average molecular weight is 441 g/mol. The molecule has 1 aliphatic heterocycles. The summed E-state index contributed by atoms with van der Waals surface area (Å²) in [4.78, 5) is 51.1. The minimum absolute atomic E-state index is 0.152. The number of nitrogens with zero attached hydrogens (tertiary/aromatic N) is 1. The molecule has 0 unspecified atom stereocenters. The molecular weight excluding hydrogens is 412 g/mol. The van der Waals surface area contributed by atoms with E-state index in [0.29, 0.717) is 38.1 Å². The Morgan fingerprint density at radius 1 is 0.967 bits per heavy atom. The van der Waals surface area contributed by atoms with Gasteiger partial charge >= 0.3 is 23.9 Å². The second-order valence-electron chi connectivity index (χ2n) is 6.64. The van der Waals surface area contributed by atoms with Crippen molar-refractivity contribution in [2.75, 3.05) is 38.2 Å². The number of carbonyl (C=O) groups excluding carboxylic acids is 4. The predicted octanol–water partition coefficient (Wildman–Crippen LogP) is 3.22. The largest absolute Gasteiger partial charge is 0.466 e. The maximum atomic E-state index is 12.8. The molecule has 30 heavy (non-hydrogen) atoms. The number of anilines is 1. The van der Waals surface area contributed by atoms with Crippen LogP contribution in [0.15, 0.2) is 0 Å². The van der Waals surface area contributed by atoms with Crippen molar-refractivity contribution in [3.63, 3.8) is 0 Å². The number of likely N-dealkylation sites (tertiary alicyclic amines) is 1. The average Bonchev–Trinajstić information content (AvgIpc) is 3.04. The highest BCUT2D eigenvalue weighted by Crippen LogP contribution is 2.34. The van der Waals surface area contributed by atoms with Crippen LogP contribution in [-0.4, -0.2) is 61.7 Å². The first kappa shape index (κ1) is 23.7. The highest BCUT2D eigenvalue weighted by atomic mass is 32.1. The molecule has 0 spiro atoms. The lowest BCUT2D eigenvalue weighted by Gasteiger charge is -2.30. The molecule has 1 aromatic heterocycles. The molecule has 10 heteroatoms. The summed E-state index contributed by atoms with van der Waals surface area (Å²) in [5.41, 5.74) is 0.563. The number of rotatable bonds is 7. The van der Waals surface area contributed by atoms with Crippen LogP contribution in [0, 0.1) is 12.8 Å². The van der Waals surface area contributed by atoms with Gasteiger partial charge in [0.05, 0.1) is 31.3 Å². The van der Waals surface area contributed by atoms with Crippen LogP contribution in [-0.2, 0) is 19.0 Å². The molecule has 0 aromatic carbocycles. The van der Waals surface area contributed by atoms with Crippen molar-refractivity contribution in [1.82, 2.24) is 4.90 Å². The van der Waals surface area contributed by atoms with Crippen molar-refractivity contribution in [1.29, 1.82) is 0 Å². The zero-order valence-electron chi connectivity index (χ0n) is 17.7. The smallest absolute Gasteiger partial charge is 0.348 e. The molecule has 0 atom stereocenters. The number of nitrogens with one attached hydrogen (secondary N) is 1. The van der Waals surface area contributed by atoms with E-state index >= 15 is 0 Å². The summed E-state index contributed by atoms with van der Waals surface area (Å²) >= 11 is 0.985. The highest BCUT2D eigenvalue weighted by Gasteiger charge is 2.31. The minimum Gasteiger partial charge on any atom is -0.466 e. The van der Waals surface area contributed by atoms with E-state index in [4.69, 9.17) is 14.2 Å². The van der Waals surface area contributed by atoms with E-state index in [1.807, 2.05) is 0 Å². The fourth-order valence-corrected chi connectivity index (χ4v) is 4.27. The molecule has 2 rings (SSSR count). The lowest BCUT2D eigenvalue weighted by molar-refractivity contribution is -0.149.